The van der Waals surface area contributed by atoms with Gasteiger partial charge in [-0.05, 0) is 30.6 Å². The van der Waals surface area contributed by atoms with Crippen molar-refractivity contribution in [3.05, 3.63) is 24.3 Å². The van der Waals surface area contributed by atoms with Gasteiger partial charge in [0.05, 0.1) is 0 Å². The SMILES string of the molecule is C/C=C\C=C\[C@]1(C)CCCC1(C)C. The van der Waals surface area contributed by atoms with Crippen molar-refractivity contribution in [3.63, 3.8) is 0 Å². The van der Waals surface area contributed by atoms with E-state index in [-0.39, 0.29) is 0 Å². The van der Waals surface area contributed by atoms with Gasteiger partial charge in [0.15, 0.2) is 0 Å². The van der Waals surface area contributed by atoms with E-state index >= 15 is 0 Å². The lowest BCUT2D eigenvalue weighted by Gasteiger charge is -2.35. The van der Waals surface area contributed by atoms with Crippen molar-refractivity contribution in [2.24, 2.45) is 10.8 Å². The Morgan fingerprint density at radius 3 is 2.15 bits per heavy atom. The van der Waals surface area contributed by atoms with Crippen LogP contribution in [0.4, 0.5) is 0 Å². The minimum absolute atomic E-state index is 0.409. The Balaban J connectivity index is 2.75. The van der Waals surface area contributed by atoms with E-state index in [0.717, 1.165) is 0 Å². The molecule has 0 unspecified atom stereocenters. The van der Waals surface area contributed by atoms with Crippen LogP contribution in [0.1, 0.15) is 47.0 Å². The Kier molecular flexibility index (Phi) is 3.00. The van der Waals surface area contributed by atoms with Gasteiger partial charge in [-0.2, -0.15) is 0 Å². The molecule has 0 N–H and O–H groups in total. The van der Waals surface area contributed by atoms with Crippen LogP contribution < -0.4 is 0 Å². The molecular weight excluding hydrogens is 156 g/mol. The van der Waals surface area contributed by atoms with Gasteiger partial charge in [0.1, 0.15) is 0 Å². The maximum atomic E-state index is 2.39. The standard InChI is InChI=1S/C13H22/c1-5-6-7-10-13(4)11-8-9-12(13,2)3/h5-7,10H,8-9,11H2,1-4H3/b6-5-,10-7+/t13-/m1/s1. The Morgan fingerprint density at radius 2 is 1.69 bits per heavy atom. The smallest absolute Gasteiger partial charge is 0.00923 e. The lowest BCUT2D eigenvalue weighted by molar-refractivity contribution is 0.193. The highest BCUT2D eigenvalue weighted by atomic mass is 14.5. The summed E-state index contributed by atoms with van der Waals surface area (Å²) in [6.07, 6.45) is 12.9. The summed E-state index contributed by atoms with van der Waals surface area (Å²) in [5.74, 6) is 0. The van der Waals surface area contributed by atoms with Crippen LogP contribution in [-0.2, 0) is 0 Å². The molecule has 0 bridgehead atoms. The molecule has 13 heavy (non-hydrogen) atoms. The van der Waals surface area contributed by atoms with Crippen molar-refractivity contribution < 1.29 is 0 Å². The van der Waals surface area contributed by atoms with Gasteiger partial charge in [0, 0.05) is 0 Å². The topological polar surface area (TPSA) is 0 Å². The highest BCUT2D eigenvalue weighted by Crippen LogP contribution is 2.53. The molecule has 1 saturated carbocycles. The zero-order valence-corrected chi connectivity index (χ0v) is 9.43. The highest BCUT2D eigenvalue weighted by Gasteiger charge is 2.42. The van der Waals surface area contributed by atoms with Crippen molar-refractivity contribution in [2.75, 3.05) is 0 Å². The number of hydrogen-bond acceptors (Lipinski definition) is 0. The van der Waals surface area contributed by atoms with Crippen molar-refractivity contribution in [1.82, 2.24) is 0 Å². The molecule has 0 saturated heterocycles. The molecule has 1 aliphatic carbocycles. The zero-order valence-electron chi connectivity index (χ0n) is 9.43. The van der Waals surface area contributed by atoms with Crippen LogP contribution in [0.15, 0.2) is 24.3 Å². The third kappa shape index (κ3) is 2.04. The molecule has 1 atom stereocenters. The van der Waals surface area contributed by atoms with Gasteiger partial charge >= 0.3 is 0 Å². The van der Waals surface area contributed by atoms with Crippen LogP contribution >= 0.6 is 0 Å². The number of allylic oxidation sites excluding steroid dienone is 4. The Labute approximate surface area is 82.7 Å². The largest absolute Gasteiger partial charge is 0.0877 e. The summed E-state index contributed by atoms with van der Waals surface area (Å²) < 4.78 is 0. The summed E-state index contributed by atoms with van der Waals surface area (Å²) in [4.78, 5) is 0. The highest BCUT2D eigenvalue weighted by molar-refractivity contribution is 5.13. The molecule has 0 aliphatic heterocycles. The summed E-state index contributed by atoms with van der Waals surface area (Å²) in [5, 5.41) is 0. The van der Waals surface area contributed by atoms with E-state index < -0.39 is 0 Å². The van der Waals surface area contributed by atoms with Gasteiger partial charge in [-0.1, -0.05) is 51.5 Å². The second-order valence-corrected chi connectivity index (χ2v) is 5.04. The molecule has 0 amide bonds. The zero-order chi connectivity index (χ0) is 9.95. The summed E-state index contributed by atoms with van der Waals surface area (Å²) in [7, 11) is 0. The first kappa shape index (κ1) is 10.6. The molecular formula is C13H22. The third-order valence-corrected chi connectivity index (χ3v) is 3.81. The monoisotopic (exact) mass is 178 g/mol. The van der Waals surface area contributed by atoms with Gasteiger partial charge in [-0.15, -0.1) is 0 Å². The van der Waals surface area contributed by atoms with Gasteiger partial charge in [-0.25, -0.2) is 0 Å². The molecule has 0 nitrogen and oxygen atoms in total. The summed E-state index contributed by atoms with van der Waals surface area (Å²) in [6.45, 7) is 9.23. The lowest BCUT2D eigenvalue weighted by Crippen LogP contribution is -2.27. The van der Waals surface area contributed by atoms with Gasteiger partial charge in [-0.3, -0.25) is 0 Å². The number of rotatable bonds is 2. The average molecular weight is 178 g/mol. The first-order chi connectivity index (χ1) is 6.02. The fraction of sp³-hybridized carbons (Fsp3) is 0.692. The summed E-state index contributed by atoms with van der Waals surface area (Å²) in [6, 6.07) is 0. The van der Waals surface area contributed by atoms with Crippen LogP contribution in [0.25, 0.3) is 0 Å². The lowest BCUT2D eigenvalue weighted by atomic mass is 9.69. The molecule has 1 aliphatic rings. The molecule has 0 spiro atoms. The molecule has 1 fully saturated rings. The molecule has 0 aromatic carbocycles. The molecule has 1 rings (SSSR count). The maximum Gasteiger partial charge on any atom is -0.00923 e. The quantitative estimate of drug-likeness (QED) is 0.552. The van der Waals surface area contributed by atoms with Crippen molar-refractivity contribution >= 4 is 0 Å². The second-order valence-electron chi connectivity index (χ2n) is 5.04. The molecule has 0 aromatic rings. The van der Waals surface area contributed by atoms with Gasteiger partial charge in [0.25, 0.3) is 0 Å². The average Bonchev–Trinajstić information content (AvgIpc) is 2.28. The molecule has 0 heteroatoms. The molecule has 0 heterocycles. The fourth-order valence-corrected chi connectivity index (χ4v) is 2.21. The Morgan fingerprint density at radius 1 is 1.00 bits per heavy atom. The van der Waals surface area contributed by atoms with Gasteiger partial charge < -0.3 is 0 Å². The van der Waals surface area contributed by atoms with Crippen molar-refractivity contribution in [3.8, 4) is 0 Å². The van der Waals surface area contributed by atoms with E-state index in [1.807, 2.05) is 0 Å². The van der Waals surface area contributed by atoms with E-state index in [0.29, 0.717) is 10.8 Å². The van der Waals surface area contributed by atoms with Crippen LogP contribution in [0.5, 0.6) is 0 Å². The predicted octanol–water partition coefficient (Wildman–Crippen LogP) is 4.34. The Hall–Kier alpha value is -0.520. The van der Waals surface area contributed by atoms with Crippen molar-refractivity contribution in [1.29, 1.82) is 0 Å². The summed E-state index contributed by atoms with van der Waals surface area (Å²) in [5.41, 5.74) is 0.886. The first-order valence-corrected chi connectivity index (χ1v) is 5.32. The van der Waals surface area contributed by atoms with Crippen LogP contribution in [0.2, 0.25) is 0 Å². The summed E-state index contributed by atoms with van der Waals surface area (Å²) >= 11 is 0. The van der Waals surface area contributed by atoms with Crippen LogP contribution in [0.3, 0.4) is 0 Å². The van der Waals surface area contributed by atoms with E-state index in [1.54, 1.807) is 0 Å². The van der Waals surface area contributed by atoms with Crippen LogP contribution in [0, 0.1) is 10.8 Å². The van der Waals surface area contributed by atoms with E-state index in [2.05, 4.69) is 52.0 Å². The van der Waals surface area contributed by atoms with Gasteiger partial charge in [0.2, 0.25) is 0 Å². The molecule has 74 valence electrons. The normalized spacial score (nSPS) is 33.5. The molecule has 0 radical (unpaired) electrons. The van der Waals surface area contributed by atoms with E-state index in [1.165, 1.54) is 19.3 Å². The fourth-order valence-electron chi connectivity index (χ4n) is 2.21. The first-order valence-electron chi connectivity index (χ1n) is 5.32. The van der Waals surface area contributed by atoms with Crippen LogP contribution in [-0.4, -0.2) is 0 Å². The minimum Gasteiger partial charge on any atom is -0.0877 e. The third-order valence-electron chi connectivity index (χ3n) is 3.81. The van der Waals surface area contributed by atoms with E-state index in [9.17, 15) is 0 Å². The predicted molar refractivity (Wildman–Crippen MR) is 59.7 cm³/mol. The second kappa shape index (κ2) is 3.69. The minimum atomic E-state index is 0.409. The Bertz CT molecular complexity index is 220. The maximum absolute atomic E-state index is 2.39. The molecule has 0 aromatic heterocycles. The van der Waals surface area contributed by atoms with Crippen molar-refractivity contribution in [2.45, 2.75) is 47.0 Å². The van der Waals surface area contributed by atoms with E-state index in [4.69, 9.17) is 0 Å². The number of hydrogen-bond donors (Lipinski definition) is 0.